The molecule has 7 atom stereocenters. The first kappa shape index (κ1) is 25.2. The summed E-state index contributed by atoms with van der Waals surface area (Å²) < 4.78 is 0. The second kappa shape index (κ2) is 8.96. The summed E-state index contributed by atoms with van der Waals surface area (Å²) in [6.45, 7) is 10.0. The number of allylic oxidation sites excluding steroid dienone is 2. The van der Waals surface area contributed by atoms with Gasteiger partial charge in [-0.2, -0.15) is 0 Å². The summed E-state index contributed by atoms with van der Waals surface area (Å²) in [6.07, 6.45) is 10.6. The number of oxime groups is 1. The Morgan fingerprint density at radius 3 is 2.50 bits per heavy atom. The zero-order chi connectivity index (χ0) is 24.9. The molecule has 7 unspecified atom stereocenters. The number of hydrogen-bond acceptors (Lipinski definition) is 5. The van der Waals surface area contributed by atoms with Gasteiger partial charge in [0.25, 0.3) is 5.91 Å². The van der Waals surface area contributed by atoms with Crippen LogP contribution in [-0.2, 0) is 14.4 Å². The molecule has 0 spiro atoms. The Kier molecular flexibility index (Phi) is 6.64. The molecular weight excluding hydrogens is 432 g/mol. The fourth-order valence-electron chi connectivity index (χ4n) is 7.79. The number of carboxylic acid groups (broad SMARTS) is 1. The van der Waals surface area contributed by atoms with E-state index in [9.17, 15) is 19.8 Å². The highest BCUT2D eigenvalue weighted by Gasteiger charge is 2.62. The largest absolute Gasteiger partial charge is 0.480 e. The lowest BCUT2D eigenvalue weighted by Crippen LogP contribution is -2.53. The van der Waals surface area contributed by atoms with Crippen LogP contribution in [0, 0.1) is 34.5 Å². The lowest BCUT2D eigenvalue weighted by molar-refractivity contribution is -0.143. The number of carboxylic acids is 1. The molecule has 0 aliphatic heterocycles. The molecule has 7 heteroatoms. The molecule has 190 valence electrons. The Bertz CT molecular complexity index is 893. The summed E-state index contributed by atoms with van der Waals surface area (Å²) in [4.78, 5) is 28.7. The van der Waals surface area contributed by atoms with Gasteiger partial charge in [0.05, 0.1) is 11.3 Å². The van der Waals surface area contributed by atoms with Crippen molar-refractivity contribution in [2.75, 3.05) is 6.61 Å². The fraction of sp³-hybridized carbons (Fsp3) is 0.815. The van der Waals surface area contributed by atoms with Crippen molar-refractivity contribution >= 4 is 17.6 Å². The number of aliphatic hydroxyl groups is 1. The van der Waals surface area contributed by atoms with Crippen molar-refractivity contribution in [3.63, 3.8) is 0 Å². The third-order valence-electron chi connectivity index (χ3n) is 10.2. The number of fused-ring (bicyclic) bond motifs is 5. The van der Waals surface area contributed by atoms with Crippen LogP contribution in [0.15, 0.2) is 16.8 Å². The molecule has 3 fully saturated rings. The van der Waals surface area contributed by atoms with Crippen molar-refractivity contribution in [1.29, 1.82) is 0 Å². The van der Waals surface area contributed by atoms with E-state index in [1.54, 1.807) is 13.8 Å². The highest BCUT2D eigenvalue weighted by Crippen LogP contribution is 2.67. The van der Waals surface area contributed by atoms with Gasteiger partial charge in [0.2, 0.25) is 0 Å². The number of carbonyl (C=O) groups excluding carboxylic acids is 1. The van der Waals surface area contributed by atoms with E-state index in [2.05, 4.69) is 37.3 Å². The summed E-state index contributed by atoms with van der Waals surface area (Å²) in [5.41, 5.74) is 1.97. The van der Waals surface area contributed by atoms with E-state index in [4.69, 9.17) is 4.84 Å². The highest BCUT2D eigenvalue weighted by atomic mass is 16.6. The number of nitrogens with zero attached hydrogens (tertiary/aromatic N) is 1. The second-order valence-electron chi connectivity index (χ2n) is 12.3. The van der Waals surface area contributed by atoms with E-state index in [1.807, 2.05) is 0 Å². The molecule has 3 N–H and O–H groups in total. The first-order chi connectivity index (χ1) is 15.9. The fourth-order valence-corrected chi connectivity index (χ4v) is 7.79. The van der Waals surface area contributed by atoms with Crippen LogP contribution in [0.3, 0.4) is 0 Å². The molecule has 34 heavy (non-hydrogen) atoms. The molecule has 4 aliphatic rings. The molecule has 0 bridgehead atoms. The maximum atomic E-state index is 12.1. The summed E-state index contributed by atoms with van der Waals surface area (Å²) in [7, 11) is 0. The molecule has 0 radical (unpaired) electrons. The standard InChI is InChI=1S/C27H42N2O5/c1-16(2)23(24(31)32)28-22(30)15-34-29-18-8-11-25(3)17(14-18)6-7-19-20(25)9-12-26(4)21(19)10-13-27(26,5)33/h14,16,19-21,23,33H,6-13,15H2,1-5H3,(H,28,30)(H,31,32). The van der Waals surface area contributed by atoms with E-state index >= 15 is 0 Å². The second-order valence-corrected chi connectivity index (χ2v) is 12.3. The normalized spacial score (nSPS) is 41.2. The third-order valence-corrected chi connectivity index (χ3v) is 10.2. The van der Waals surface area contributed by atoms with E-state index in [0.717, 1.165) is 44.2 Å². The van der Waals surface area contributed by atoms with Gasteiger partial charge in [-0.3, -0.25) is 4.79 Å². The minimum atomic E-state index is -1.05. The maximum absolute atomic E-state index is 12.1. The average Bonchev–Trinajstić information content (AvgIpc) is 3.00. The Hall–Kier alpha value is -1.89. The summed E-state index contributed by atoms with van der Waals surface area (Å²) in [6, 6.07) is -0.933. The minimum absolute atomic E-state index is 0.0384. The molecule has 1 amide bonds. The monoisotopic (exact) mass is 474 g/mol. The minimum Gasteiger partial charge on any atom is -0.480 e. The lowest BCUT2D eigenvalue weighted by atomic mass is 9.46. The van der Waals surface area contributed by atoms with Crippen LogP contribution in [0.2, 0.25) is 0 Å². The number of carbonyl (C=O) groups is 2. The number of nitrogens with one attached hydrogen (secondary N) is 1. The topological polar surface area (TPSA) is 108 Å². The van der Waals surface area contributed by atoms with Crippen LogP contribution in [0.25, 0.3) is 0 Å². The zero-order valence-corrected chi connectivity index (χ0v) is 21.4. The molecule has 0 aromatic carbocycles. The third kappa shape index (κ3) is 4.18. The van der Waals surface area contributed by atoms with Gasteiger partial charge in [-0.1, -0.05) is 38.4 Å². The number of amides is 1. The van der Waals surface area contributed by atoms with Crippen molar-refractivity contribution in [3.05, 3.63) is 11.6 Å². The predicted octanol–water partition coefficient (Wildman–Crippen LogP) is 4.30. The van der Waals surface area contributed by atoms with Crippen molar-refractivity contribution in [1.82, 2.24) is 5.32 Å². The van der Waals surface area contributed by atoms with E-state index in [-0.39, 0.29) is 23.4 Å². The van der Waals surface area contributed by atoms with Crippen LogP contribution in [0.5, 0.6) is 0 Å². The average molecular weight is 475 g/mol. The summed E-state index contributed by atoms with van der Waals surface area (Å²) in [5.74, 6) is 0.199. The smallest absolute Gasteiger partial charge is 0.326 e. The molecule has 0 aromatic heterocycles. The van der Waals surface area contributed by atoms with Crippen molar-refractivity contribution in [2.24, 2.45) is 39.7 Å². The van der Waals surface area contributed by atoms with Gasteiger partial charge in [-0.15, -0.1) is 0 Å². The zero-order valence-electron chi connectivity index (χ0n) is 21.4. The van der Waals surface area contributed by atoms with Crippen LogP contribution < -0.4 is 5.32 Å². The van der Waals surface area contributed by atoms with Crippen LogP contribution >= 0.6 is 0 Å². The van der Waals surface area contributed by atoms with Gasteiger partial charge in [0.1, 0.15) is 6.04 Å². The molecule has 3 saturated carbocycles. The molecular formula is C27H42N2O5. The predicted molar refractivity (Wildman–Crippen MR) is 130 cm³/mol. The van der Waals surface area contributed by atoms with Gasteiger partial charge < -0.3 is 20.4 Å². The van der Waals surface area contributed by atoms with Crippen molar-refractivity contribution in [2.45, 2.75) is 97.6 Å². The highest BCUT2D eigenvalue weighted by molar-refractivity contribution is 5.96. The van der Waals surface area contributed by atoms with Crippen molar-refractivity contribution < 1.29 is 24.6 Å². The first-order valence-electron chi connectivity index (χ1n) is 13.0. The number of hydrogen-bond donors (Lipinski definition) is 3. The molecule has 4 aliphatic carbocycles. The van der Waals surface area contributed by atoms with E-state index in [1.165, 1.54) is 18.4 Å². The first-order valence-corrected chi connectivity index (χ1v) is 13.0. The van der Waals surface area contributed by atoms with E-state index < -0.39 is 23.5 Å². The van der Waals surface area contributed by atoms with Crippen LogP contribution in [-0.4, -0.2) is 46.1 Å². The molecule has 0 heterocycles. The van der Waals surface area contributed by atoms with Crippen molar-refractivity contribution in [3.8, 4) is 0 Å². The number of aliphatic carboxylic acids is 1. The summed E-state index contributed by atoms with van der Waals surface area (Å²) >= 11 is 0. The molecule has 7 nitrogen and oxygen atoms in total. The molecule has 4 rings (SSSR count). The van der Waals surface area contributed by atoms with Crippen LogP contribution in [0.4, 0.5) is 0 Å². The Morgan fingerprint density at radius 1 is 1.12 bits per heavy atom. The number of rotatable bonds is 6. The van der Waals surface area contributed by atoms with Gasteiger partial charge in [-0.05, 0) is 98.9 Å². The summed E-state index contributed by atoms with van der Waals surface area (Å²) in [5, 5.41) is 27.0. The molecule has 0 aromatic rings. The Balaban J connectivity index is 1.40. The lowest BCUT2D eigenvalue weighted by Gasteiger charge is -2.59. The molecule has 0 saturated heterocycles. The van der Waals surface area contributed by atoms with Gasteiger partial charge in [-0.25, -0.2) is 4.79 Å². The van der Waals surface area contributed by atoms with Gasteiger partial charge >= 0.3 is 5.97 Å². The van der Waals surface area contributed by atoms with E-state index in [0.29, 0.717) is 17.8 Å². The Morgan fingerprint density at radius 2 is 1.82 bits per heavy atom. The quantitative estimate of drug-likeness (QED) is 0.498. The maximum Gasteiger partial charge on any atom is 0.326 e. The van der Waals surface area contributed by atoms with Gasteiger partial charge in [0.15, 0.2) is 6.61 Å². The van der Waals surface area contributed by atoms with Crippen LogP contribution in [0.1, 0.15) is 86.0 Å². The Labute approximate surface area is 203 Å². The SMILES string of the molecule is CC(C)C(NC(=O)CON=C1C=C2CCC3C(CCC4(C)C3CCC4(C)O)C2(C)CC1)C(=O)O. The van der Waals surface area contributed by atoms with Gasteiger partial charge in [0, 0.05) is 0 Å².